The van der Waals surface area contributed by atoms with Gasteiger partial charge >= 0.3 is 0 Å². The molecule has 0 amide bonds. The standard InChI is InChI=1S/C18H21N3O2/c1-14-3-2-4-16(13-14)19-15-9-11-20(12-10-15)17-5-7-18(8-6-17)21(22)23/h2-8,13,15,19H,9-12H2,1H3. The van der Waals surface area contributed by atoms with Gasteiger partial charge in [0, 0.05) is 42.6 Å². The van der Waals surface area contributed by atoms with E-state index in [1.165, 1.54) is 11.3 Å². The fourth-order valence-corrected chi connectivity index (χ4v) is 3.04. The number of hydrogen-bond acceptors (Lipinski definition) is 4. The summed E-state index contributed by atoms with van der Waals surface area (Å²) in [5, 5.41) is 14.3. The third-order valence-electron chi connectivity index (χ3n) is 4.31. The Kier molecular flexibility index (Phi) is 4.46. The van der Waals surface area contributed by atoms with Crippen molar-refractivity contribution in [1.29, 1.82) is 0 Å². The fourth-order valence-electron chi connectivity index (χ4n) is 3.04. The number of benzene rings is 2. The van der Waals surface area contributed by atoms with E-state index in [-0.39, 0.29) is 10.6 Å². The van der Waals surface area contributed by atoms with Gasteiger partial charge in [0.1, 0.15) is 0 Å². The highest BCUT2D eigenvalue weighted by Gasteiger charge is 2.19. The third kappa shape index (κ3) is 3.80. The van der Waals surface area contributed by atoms with Crippen LogP contribution in [0.25, 0.3) is 0 Å². The van der Waals surface area contributed by atoms with Crippen LogP contribution < -0.4 is 10.2 Å². The lowest BCUT2D eigenvalue weighted by atomic mass is 10.0. The maximum absolute atomic E-state index is 10.7. The number of piperidine rings is 1. The summed E-state index contributed by atoms with van der Waals surface area (Å²) in [4.78, 5) is 12.6. The molecule has 1 aliphatic heterocycles. The van der Waals surface area contributed by atoms with E-state index in [0.29, 0.717) is 6.04 Å². The summed E-state index contributed by atoms with van der Waals surface area (Å²) in [7, 11) is 0. The number of nitro benzene ring substituents is 1. The van der Waals surface area contributed by atoms with Crippen molar-refractivity contribution >= 4 is 17.1 Å². The van der Waals surface area contributed by atoms with Gasteiger partial charge in [-0.3, -0.25) is 10.1 Å². The molecule has 0 bridgehead atoms. The van der Waals surface area contributed by atoms with Gasteiger partial charge in [0.25, 0.3) is 5.69 Å². The molecule has 3 rings (SSSR count). The summed E-state index contributed by atoms with van der Waals surface area (Å²) in [6, 6.07) is 15.8. The predicted molar refractivity (Wildman–Crippen MR) is 93.1 cm³/mol. The molecule has 2 aromatic carbocycles. The second-order valence-electron chi connectivity index (χ2n) is 6.05. The molecule has 0 aromatic heterocycles. The predicted octanol–water partition coefficient (Wildman–Crippen LogP) is 3.98. The summed E-state index contributed by atoms with van der Waals surface area (Å²) in [5.41, 5.74) is 3.64. The largest absolute Gasteiger partial charge is 0.382 e. The number of non-ortho nitro benzene ring substituents is 1. The van der Waals surface area contributed by atoms with Crippen LogP contribution in [0.5, 0.6) is 0 Å². The molecule has 5 nitrogen and oxygen atoms in total. The van der Waals surface area contributed by atoms with E-state index in [4.69, 9.17) is 0 Å². The Hall–Kier alpha value is -2.56. The van der Waals surface area contributed by atoms with Crippen LogP contribution >= 0.6 is 0 Å². The van der Waals surface area contributed by atoms with Gasteiger partial charge in [-0.05, 0) is 49.6 Å². The lowest BCUT2D eigenvalue weighted by Crippen LogP contribution is -2.39. The van der Waals surface area contributed by atoms with Crippen LogP contribution in [0.4, 0.5) is 17.1 Å². The number of nitro groups is 1. The van der Waals surface area contributed by atoms with Crippen LogP contribution in [0.3, 0.4) is 0 Å². The summed E-state index contributed by atoms with van der Waals surface area (Å²) in [6.07, 6.45) is 2.12. The van der Waals surface area contributed by atoms with Crippen molar-refractivity contribution < 1.29 is 4.92 Å². The van der Waals surface area contributed by atoms with E-state index in [9.17, 15) is 10.1 Å². The van der Waals surface area contributed by atoms with Crippen LogP contribution in [0.15, 0.2) is 48.5 Å². The highest BCUT2D eigenvalue weighted by Crippen LogP contribution is 2.24. The Morgan fingerprint density at radius 2 is 1.83 bits per heavy atom. The van der Waals surface area contributed by atoms with E-state index in [1.807, 2.05) is 12.1 Å². The third-order valence-corrected chi connectivity index (χ3v) is 4.31. The molecule has 5 heteroatoms. The van der Waals surface area contributed by atoms with Crippen molar-refractivity contribution in [2.24, 2.45) is 0 Å². The van der Waals surface area contributed by atoms with Crippen molar-refractivity contribution in [2.45, 2.75) is 25.8 Å². The average Bonchev–Trinajstić information content (AvgIpc) is 2.56. The van der Waals surface area contributed by atoms with Gasteiger partial charge in [-0.15, -0.1) is 0 Å². The van der Waals surface area contributed by atoms with Crippen LogP contribution in [-0.2, 0) is 0 Å². The summed E-state index contributed by atoms with van der Waals surface area (Å²) in [5.74, 6) is 0. The minimum atomic E-state index is -0.359. The topological polar surface area (TPSA) is 58.4 Å². The van der Waals surface area contributed by atoms with Crippen molar-refractivity contribution in [3.05, 3.63) is 64.2 Å². The minimum absolute atomic E-state index is 0.143. The first-order valence-electron chi connectivity index (χ1n) is 7.94. The molecular weight excluding hydrogens is 290 g/mol. The Morgan fingerprint density at radius 1 is 1.13 bits per heavy atom. The smallest absolute Gasteiger partial charge is 0.269 e. The second-order valence-corrected chi connectivity index (χ2v) is 6.05. The second kappa shape index (κ2) is 6.69. The molecule has 1 N–H and O–H groups in total. The first-order valence-corrected chi connectivity index (χ1v) is 7.94. The molecule has 0 aliphatic carbocycles. The lowest BCUT2D eigenvalue weighted by Gasteiger charge is -2.34. The normalized spacial score (nSPS) is 15.4. The van der Waals surface area contributed by atoms with Crippen molar-refractivity contribution in [3.63, 3.8) is 0 Å². The monoisotopic (exact) mass is 311 g/mol. The first kappa shape index (κ1) is 15.3. The highest BCUT2D eigenvalue weighted by atomic mass is 16.6. The van der Waals surface area contributed by atoms with Gasteiger partial charge in [-0.2, -0.15) is 0 Å². The molecule has 1 aliphatic rings. The van der Waals surface area contributed by atoms with Crippen molar-refractivity contribution in [1.82, 2.24) is 0 Å². The molecule has 23 heavy (non-hydrogen) atoms. The molecule has 120 valence electrons. The maximum Gasteiger partial charge on any atom is 0.269 e. The van der Waals surface area contributed by atoms with E-state index < -0.39 is 0 Å². The number of nitrogens with zero attached hydrogens (tertiary/aromatic N) is 2. The average molecular weight is 311 g/mol. The number of hydrogen-bond donors (Lipinski definition) is 1. The van der Waals surface area contributed by atoms with Gasteiger partial charge in [0.15, 0.2) is 0 Å². The number of rotatable bonds is 4. The molecule has 2 aromatic rings. The Balaban J connectivity index is 1.56. The number of anilines is 2. The van der Waals surface area contributed by atoms with Gasteiger partial charge in [0.05, 0.1) is 4.92 Å². The lowest BCUT2D eigenvalue weighted by molar-refractivity contribution is -0.384. The molecule has 1 heterocycles. The van der Waals surface area contributed by atoms with Crippen LogP contribution in [0.1, 0.15) is 18.4 Å². The minimum Gasteiger partial charge on any atom is -0.382 e. The zero-order chi connectivity index (χ0) is 16.2. The van der Waals surface area contributed by atoms with Crippen LogP contribution in [0, 0.1) is 17.0 Å². The summed E-state index contributed by atoms with van der Waals surface area (Å²) in [6.45, 7) is 4.02. The Morgan fingerprint density at radius 3 is 2.43 bits per heavy atom. The SMILES string of the molecule is Cc1cccc(NC2CCN(c3ccc([N+](=O)[O-])cc3)CC2)c1. The molecule has 1 fully saturated rings. The van der Waals surface area contributed by atoms with Crippen molar-refractivity contribution in [3.8, 4) is 0 Å². The molecule has 0 spiro atoms. The molecule has 0 saturated carbocycles. The zero-order valence-electron chi connectivity index (χ0n) is 13.2. The quantitative estimate of drug-likeness (QED) is 0.685. The number of nitrogens with one attached hydrogen (secondary N) is 1. The van der Waals surface area contributed by atoms with Gasteiger partial charge in [0.2, 0.25) is 0 Å². The highest BCUT2D eigenvalue weighted by molar-refractivity contribution is 5.52. The van der Waals surface area contributed by atoms with Crippen LogP contribution in [0.2, 0.25) is 0 Å². The first-order chi connectivity index (χ1) is 11.1. The van der Waals surface area contributed by atoms with E-state index in [1.54, 1.807) is 12.1 Å². The van der Waals surface area contributed by atoms with E-state index in [0.717, 1.165) is 31.6 Å². The summed E-state index contributed by atoms with van der Waals surface area (Å²) < 4.78 is 0. The summed E-state index contributed by atoms with van der Waals surface area (Å²) >= 11 is 0. The van der Waals surface area contributed by atoms with Gasteiger partial charge in [-0.25, -0.2) is 0 Å². The molecule has 1 saturated heterocycles. The number of aryl methyl sites for hydroxylation is 1. The van der Waals surface area contributed by atoms with Gasteiger partial charge < -0.3 is 10.2 Å². The molecule has 0 atom stereocenters. The van der Waals surface area contributed by atoms with Gasteiger partial charge in [-0.1, -0.05) is 12.1 Å². The Bertz CT molecular complexity index is 677. The molecular formula is C18H21N3O2. The molecule has 0 unspecified atom stereocenters. The van der Waals surface area contributed by atoms with E-state index in [2.05, 4.69) is 41.4 Å². The van der Waals surface area contributed by atoms with E-state index >= 15 is 0 Å². The molecule has 0 radical (unpaired) electrons. The van der Waals surface area contributed by atoms with Crippen molar-refractivity contribution in [2.75, 3.05) is 23.3 Å². The maximum atomic E-state index is 10.7. The fraction of sp³-hybridized carbons (Fsp3) is 0.333. The zero-order valence-corrected chi connectivity index (χ0v) is 13.2. The van der Waals surface area contributed by atoms with Crippen LogP contribution in [-0.4, -0.2) is 24.1 Å². The Labute approximate surface area is 136 Å².